The summed E-state index contributed by atoms with van der Waals surface area (Å²) in [6, 6.07) is 0. The molecule has 0 aromatic rings. The van der Waals surface area contributed by atoms with Gasteiger partial charge in [-0.25, -0.2) is 9.09 Å². The van der Waals surface area contributed by atoms with Gasteiger partial charge in [-0.2, -0.15) is 0 Å². The van der Waals surface area contributed by atoms with Gasteiger partial charge in [0.25, 0.3) is 0 Å². The Hall–Kier alpha value is -1.48. The van der Waals surface area contributed by atoms with Crippen molar-refractivity contribution in [2.75, 3.05) is 27.1 Å². The molecule has 1 amide bonds. The molecule has 1 rings (SSSR count). The van der Waals surface area contributed by atoms with Gasteiger partial charge in [0.2, 0.25) is 12.7 Å². The van der Waals surface area contributed by atoms with E-state index in [1.165, 1.54) is 7.11 Å². The number of hydrogen-bond acceptors (Lipinski definition) is 9. The molecule has 1 heterocycles. The minimum absolute atomic E-state index is 0. The molecule has 0 aromatic heterocycles. The van der Waals surface area contributed by atoms with E-state index in [1.807, 2.05) is 0 Å². The van der Waals surface area contributed by atoms with Crippen LogP contribution in [-0.4, -0.2) is 51.0 Å². The third-order valence-electron chi connectivity index (χ3n) is 3.11. The van der Waals surface area contributed by atoms with Crippen molar-refractivity contribution in [2.24, 2.45) is 5.41 Å². The van der Waals surface area contributed by atoms with Gasteiger partial charge < -0.3 is 14.8 Å². The first-order chi connectivity index (χ1) is 11.1. The largest absolute Gasteiger partial charge is 0.478 e. The van der Waals surface area contributed by atoms with E-state index in [4.69, 9.17) is 13.6 Å². The van der Waals surface area contributed by atoms with E-state index >= 15 is 0 Å². The lowest BCUT2D eigenvalue weighted by Crippen LogP contribution is -2.50. The molecule has 0 radical (unpaired) electrons. The second-order valence-corrected chi connectivity index (χ2v) is 7.32. The quantitative estimate of drug-likeness (QED) is 0.397. The molecule has 1 fully saturated rings. The summed E-state index contributed by atoms with van der Waals surface area (Å²) >= 11 is 0. The number of phosphoric ester groups is 1. The van der Waals surface area contributed by atoms with Crippen molar-refractivity contribution in [1.29, 1.82) is 0 Å². The fraction of sp³-hybridized carbons (Fsp3) is 0.769. The van der Waals surface area contributed by atoms with E-state index in [-0.39, 0.29) is 21.0 Å². The third kappa shape index (κ3) is 6.20. The Kier molecular flexibility index (Phi) is 7.34. The molecule has 1 N–H and O–H groups in total. The highest BCUT2D eigenvalue weighted by Crippen LogP contribution is 2.57. The maximum atomic E-state index is 12.3. The Morgan fingerprint density at radius 2 is 2.04 bits per heavy atom. The zero-order chi connectivity index (χ0) is 18.4. The summed E-state index contributed by atoms with van der Waals surface area (Å²) in [6.07, 6.45) is -1.14. The summed E-state index contributed by atoms with van der Waals surface area (Å²) in [5.41, 5.74) is -0.784. The number of hydrogen-bond donors (Lipinski definition) is 1. The molecule has 0 spiro atoms. The Bertz CT molecular complexity index is 540. The van der Waals surface area contributed by atoms with Crippen LogP contribution in [0.4, 0.5) is 0 Å². The highest BCUT2D eigenvalue weighted by atomic mass is 31.2. The molecule has 1 saturated heterocycles. The number of nitrogens with one attached hydrogen (secondary N) is 1. The molecular weight excluding hydrogens is 345 g/mol. The van der Waals surface area contributed by atoms with Gasteiger partial charge in [-0.15, -0.1) is 0 Å². The first-order valence-corrected chi connectivity index (χ1v) is 8.61. The summed E-state index contributed by atoms with van der Waals surface area (Å²) in [6.45, 7) is 3.88. The van der Waals surface area contributed by atoms with Crippen LogP contribution in [0.2, 0.25) is 0 Å². The Balaban J connectivity index is 0.00000576. The lowest BCUT2D eigenvalue weighted by Gasteiger charge is -2.39. The lowest BCUT2D eigenvalue weighted by atomic mass is 9.87. The average molecular weight is 369 g/mol. The highest BCUT2D eigenvalue weighted by molar-refractivity contribution is 7.48. The van der Waals surface area contributed by atoms with Crippen molar-refractivity contribution >= 4 is 25.7 Å². The van der Waals surface area contributed by atoms with Gasteiger partial charge in [0.05, 0.1) is 20.1 Å². The van der Waals surface area contributed by atoms with Crippen LogP contribution in [0.15, 0.2) is 0 Å². The number of esters is 2. The van der Waals surface area contributed by atoms with E-state index in [9.17, 15) is 18.9 Å². The van der Waals surface area contributed by atoms with Gasteiger partial charge in [-0.05, 0) is 0 Å². The number of methoxy groups -OCH3 is 1. The van der Waals surface area contributed by atoms with Crippen LogP contribution in [0, 0.1) is 5.41 Å². The molecule has 1 unspecified atom stereocenters. The zero-order valence-electron chi connectivity index (χ0n) is 14.0. The van der Waals surface area contributed by atoms with Crippen molar-refractivity contribution in [3.63, 3.8) is 0 Å². The predicted molar refractivity (Wildman–Crippen MR) is 81.7 cm³/mol. The van der Waals surface area contributed by atoms with Gasteiger partial charge >= 0.3 is 19.8 Å². The summed E-state index contributed by atoms with van der Waals surface area (Å²) < 4.78 is 36.4. The Labute approximate surface area is 141 Å². The second-order valence-electron chi connectivity index (χ2n) is 5.69. The number of amides is 1. The van der Waals surface area contributed by atoms with Gasteiger partial charge in [0, 0.05) is 20.3 Å². The number of rotatable bonds is 7. The van der Waals surface area contributed by atoms with Crippen LogP contribution in [0.5, 0.6) is 0 Å². The molecular formula is C13H24NO9P. The van der Waals surface area contributed by atoms with Crippen LogP contribution in [0.3, 0.4) is 0 Å². The van der Waals surface area contributed by atoms with Crippen LogP contribution < -0.4 is 5.32 Å². The average Bonchev–Trinajstić information content (AvgIpc) is 2.49. The van der Waals surface area contributed by atoms with Crippen LogP contribution in [0.1, 0.15) is 28.6 Å². The number of phosphoric acid groups is 1. The summed E-state index contributed by atoms with van der Waals surface area (Å²) in [5.74, 6) is -1.67. The monoisotopic (exact) mass is 369 g/mol. The molecule has 2 atom stereocenters. The van der Waals surface area contributed by atoms with E-state index in [2.05, 4.69) is 14.8 Å². The third-order valence-corrected chi connectivity index (χ3v) is 4.44. The van der Waals surface area contributed by atoms with Crippen LogP contribution in [-0.2, 0) is 42.0 Å². The fourth-order valence-electron chi connectivity index (χ4n) is 1.75. The van der Waals surface area contributed by atoms with Crippen LogP contribution in [0.25, 0.3) is 0 Å². The lowest BCUT2D eigenvalue weighted by molar-refractivity contribution is -0.153. The first kappa shape index (κ1) is 20.6. The minimum Gasteiger partial charge on any atom is -0.469 e. The summed E-state index contributed by atoms with van der Waals surface area (Å²) in [4.78, 5) is 34.0. The molecule has 1 aliphatic heterocycles. The van der Waals surface area contributed by atoms with Gasteiger partial charge in [0.1, 0.15) is 0 Å². The van der Waals surface area contributed by atoms with Gasteiger partial charge in [0.15, 0.2) is 6.10 Å². The smallest absolute Gasteiger partial charge is 0.469 e. The molecule has 1 aliphatic rings. The second kappa shape index (κ2) is 8.57. The number of ether oxygens (including phenoxy) is 2. The molecule has 0 aliphatic carbocycles. The predicted octanol–water partition coefficient (Wildman–Crippen LogP) is 0.999. The Morgan fingerprint density at radius 3 is 2.62 bits per heavy atom. The maximum Gasteiger partial charge on any atom is 0.478 e. The van der Waals surface area contributed by atoms with Crippen molar-refractivity contribution in [2.45, 2.75) is 33.3 Å². The van der Waals surface area contributed by atoms with Gasteiger partial charge in [-0.3, -0.25) is 23.4 Å². The maximum absolute atomic E-state index is 12.3. The van der Waals surface area contributed by atoms with E-state index < -0.39 is 44.0 Å². The molecule has 140 valence electrons. The standard InChI is InChI=1S/C13H22NO9P.H2/c1-9(15)20-8-22-24(18)21-7-13(2,3)11(23-24)12(17)14-6-5-10(16)19-4;/h11H,5-8H2,1-4H3,(H,14,17);1H/t11-,24?;/m0./s1. The molecule has 11 heteroatoms. The zero-order valence-corrected chi connectivity index (χ0v) is 14.9. The van der Waals surface area contributed by atoms with E-state index in [1.54, 1.807) is 13.8 Å². The van der Waals surface area contributed by atoms with E-state index in [0.29, 0.717) is 0 Å². The molecule has 24 heavy (non-hydrogen) atoms. The molecule has 0 bridgehead atoms. The van der Waals surface area contributed by atoms with Crippen LogP contribution >= 0.6 is 7.82 Å². The van der Waals surface area contributed by atoms with Crippen molar-refractivity contribution in [3.05, 3.63) is 0 Å². The van der Waals surface area contributed by atoms with E-state index in [0.717, 1.165) is 6.92 Å². The van der Waals surface area contributed by atoms with Crippen molar-refractivity contribution < 1.29 is 43.4 Å². The Morgan fingerprint density at radius 1 is 1.38 bits per heavy atom. The van der Waals surface area contributed by atoms with Crippen molar-refractivity contribution in [1.82, 2.24) is 5.32 Å². The molecule has 0 saturated carbocycles. The fourth-order valence-corrected chi connectivity index (χ4v) is 3.26. The topological polar surface area (TPSA) is 126 Å². The van der Waals surface area contributed by atoms with Crippen molar-refractivity contribution in [3.8, 4) is 0 Å². The molecule has 0 aromatic carbocycles. The minimum atomic E-state index is -4.05. The summed E-state index contributed by atoms with van der Waals surface area (Å²) in [5, 5.41) is 2.50. The first-order valence-electron chi connectivity index (χ1n) is 7.15. The number of carbonyl (C=O) groups is 3. The SMILES string of the molecule is COC(=O)CCNC(=O)[C@@H]1OP(=O)(OCOC(C)=O)OCC1(C)C.[HH]. The summed E-state index contributed by atoms with van der Waals surface area (Å²) in [7, 11) is -2.80. The highest BCUT2D eigenvalue weighted by Gasteiger charge is 2.49. The molecule has 10 nitrogen and oxygen atoms in total. The number of carbonyl (C=O) groups excluding carboxylic acids is 3. The van der Waals surface area contributed by atoms with Gasteiger partial charge in [-0.1, -0.05) is 13.8 Å². The normalized spacial score (nSPS) is 25.6.